The van der Waals surface area contributed by atoms with Crippen LogP contribution in [0.5, 0.6) is 5.75 Å². The number of benzene rings is 2. The summed E-state index contributed by atoms with van der Waals surface area (Å²) in [6.45, 7) is 1.85. The third-order valence-corrected chi connectivity index (χ3v) is 7.86. The second-order valence-electron chi connectivity index (χ2n) is 9.71. The van der Waals surface area contributed by atoms with Crippen molar-refractivity contribution in [1.29, 1.82) is 0 Å². The number of amides is 1. The van der Waals surface area contributed by atoms with Crippen molar-refractivity contribution in [2.45, 2.75) is 50.5 Å². The van der Waals surface area contributed by atoms with E-state index < -0.39 is 0 Å². The van der Waals surface area contributed by atoms with Gasteiger partial charge in [0.05, 0.1) is 7.11 Å². The van der Waals surface area contributed by atoms with Crippen molar-refractivity contribution >= 4 is 5.91 Å². The van der Waals surface area contributed by atoms with Gasteiger partial charge in [-0.15, -0.1) is 0 Å². The maximum Gasteiger partial charge on any atom is 0.222 e. The van der Waals surface area contributed by atoms with Gasteiger partial charge in [-0.25, -0.2) is 0 Å². The first-order valence-electron chi connectivity index (χ1n) is 11.6. The smallest absolute Gasteiger partial charge is 0.222 e. The first kappa shape index (κ1) is 21.9. The molecule has 2 aromatic rings. The van der Waals surface area contributed by atoms with E-state index in [1.54, 1.807) is 7.11 Å². The molecule has 1 amide bonds. The number of nitrogens with zero attached hydrogens (tertiary/aromatic N) is 2. The van der Waals surface area contributed by atoms with Crippen LogP contribution in [0.3, 0.4) is 0 Å². The van der Waals surface area contributed by atoms with Gasteiger partial charge in [0.2, 0.25) is 5.91 Å². The molecule has 0 radical (unpaired) electrons. The Morgan fingerprint density at radius 1 is 1.00 bits per heavy atom. The minimum absolute atomic E-state index is 0.121. The van der Waals surface area contributed by atoms with Crippen molar-refractivity contribution in [3.63, 3.8) is 0 Å². The SMILES string of the molecule is COc1cccc(CCC(=O)N2CCC3(CCC(c4ccccc4)(N(C)C)CC3)C2)c1. The lowest BCUT2D eigenvalue weighted by Gasteiger charge is -2.49. The highest BCUT2D eigenvalue weighted by atomic mass is 16.5. The maximum atomic E-state index is 12.9. The zero-order valence-electron chi connectivity index (χ0n) is 19.3. The minimum atomic E-state index is 0.121. The van der Waals surface area contributed by atoms with Crippen molar-refractivity contribution in [1.82, 2.24) is 9.80 Å². The molecule has 0 N–H and O–H groups in total. The summed E-state index contributed by atoms with van der Waals surface area (Å²) in [5.74, 6) is 1.15. The summed E-state index contributed by atoms with van der Waals surface area (Å²) < 4.78 is 5.30. The van der Waals surface area contributed by atoms with Crippen molar-refractivity contribution in [2.75, 3.05) is 34.3 Å². The quantitative estimate of drug-likeness (QED) is 0.668. The van der Waals surface area contributed by atoms with Crippen LogP contribution < -0.4 is 4.74 Å². The van der Waals surface area contributed by atoms with Crippen LogP contribution in [-0.4, -0.2) is 50.0 Å². The second-order valence-corrected chi connectivity index (χ2v) is 9.71. The molecular formula is C27H36N2O2. The standard InChI is InChI=1S/C27H36N2O2/c1-28(2)27(23-9-5-4-6-10-23)16-14-26(15-17-27)18-19-29(21-26)25(30)13-12-22-8-7-11-24(20-22)31-3/h4-11,20H,12-19,21H2,1-3H3. The number of hydrogen-bond donors (Lipinski definition) is 0. The Hall–Kier alpha value is -2.33. The number of aryl methyl sites for hydroxylation is 1. The molecule has 1 aliphatic heterocycles. The number of rotatable bonds is 6. The first-order valence-corrected chi connectivity index (χ1v) is 11.6. The molecule has 4 rings (SSSR count). The van der Waals surface area contributed by atoms with E-state index in [1.165, 1.54) is 18.4 Å². The number of hydrogen-bond acceptors (Lipinski definition) is 3. The van der Waals surface area contributed by atoms with Gasteiger partial charge in [-0.05, 0) is 81.3 Å². The summed E-state index contributed by atoms with van der Waals surface area (Å²) in [6.07, 6.45) is 7.22. The molecule has 4 heteroatoms. The molecule has 2 fully saturated rings. The Kier molecular flexibility index (Phi) is 6.38. The Bertz CT molecular complexity index is 885. The van der Waals surface area contributed by atoms with E-state index in [0.29, 0.717) is 17.7 Å². The van der Waals surface area contributed by atoms with Crippen LogP contribution in [0.15, 0.2) is 54.6 Å². The molecule has 1 spiro atoms. The maximum absolute atomic E-state index is 12.9. The molecule has 0 unspecified atom stereocenters. The molecule has 0 atom stereocenters. The molecule has 0 bridgehead atoms. The number of carbonyl (C=O) groups is 1. The van der Waals surface area contributed by atoms with Crippen LogP contribution in [0.1, 0.15) is 49.7 Å². The van der Waals surface area contributed by atoms with Gasteiger partial charge in [-0.2, -0.15) is 0 Å². The molecule has 1 saturated heterocycles. The lowest BCUT2D eigenvalue weighted by molar-refractivity contribution is -0.130. The molecule has 4 nitrogen and oxygen atoms in total. The molecule has 166 valence electrons. The number of carbonyl (C=O) groups excluding carboxylic acids is 1. The summed E-state index contributed by atoms with van der Waals surface area (Å²) in [6, 6.07) is 19.0. The summed E-state index contributed by atoms with van der Waals surface area (Å²) in [7, 11) is 6.11. The number of ether oxygens (including phenoxy) is 1. The van der Waals surface area contributed by atoms with Crippen molar-refractivity contribution in [3.05, 3.63) is 65.7 Å². The minimum Gasteiger partial charge on any atom is -0.497 e. The fraction of sp³-hybridized carbons (Fsp3) is 0.519. The zero-order valence-corrected chi connectivity index (χ0v) is 19.3. The third-order valence-electron chi connectivity index (χ3n) is 7.86. The average Bonchev–Trinajstić information content (AvgIpc) is 3.22. The van der Waals surface area contributed by atoms with Gasteiger partial charge in [0.15, 0.2) is 0 Å². The van der Waals surface area contributed by atoms with Gasteiger partial charge in [0, 0.05) is 25.0 Å². The van der Waals surface area contributed by atoms with E-state index in [0.717, 1.165) is 50.1 Å². The highest BCUT2D eigenvalue weighted by Gasteiger charge is 2.48. The molecular weight excluding hydrogens is 384 g/mol. The van der Waals surface area contributed by atoms with Crippen LogP contribution in [0.2, 0.25) is 0 Å². The van der Waals surface area contributed by atoms with E-state index in [4.69, 9.17) is 4.74 Å². The van der Waals surface area contributed by atoms with Crippen molar-refractivity contribution in [3.8, 4) is 5.75 Å². The molecule has 1 aliphatic carbocycles. The molecule has 0 aromatic heterocycles. The first-order chi connectivity index (χ1) is 15.0. The molecule has 1 saturated carbocycles. The Morgan fingerprint density at radius 2 is 1.74 bits per heavy atom. The van der Waals surface area contributed by atoms with E-state index in [-0.39, 0.29) is 5.54 Å². The van der Waals surface area contributed by atoms with E-state index in [9.17, 15) is 4.79 Å². The third kappa shape index (κ3) is 4.50. The van der Waals surface area contributed by atoms with Crippen LogP contribution in [0, 0.1) is 5.41 Å². The highest BCUT2D eigenvalue weighted by molar-refractivity contribution is 5.76. The van der Waals surface area contributed by atoms with Crippen LogP contribution in [0.4, 0.5) is 0 Å². The van der Waals surface area contributed by atoms with E-state index in [2.05, 4.69) is 60.3 Å². The van der Waals surface area contributed by atoms with Crippen LogP contribution >= 0.6 is 0 Å². The average molecular weight is 421 g/mol. The molecule has 2 aromatic carbocycles. The monoisotopic (exact) mass is 420 g/mol. The summed E-state index contributed by atoms with van der Waals surface area (Å²) >= 11 is 0. The summed E-state index contributed by atoms with van der Waals surface area (Å²) in [4.78, 5) is 17.5. The van der Waals surface area contributed by atoms with Gasteiger partial charge in [-0.1, -0.05) is 42.5 Å². The van der Waals surface area contributed by atoms with Gasteiger partial charge < -0.3 is 9.64 Å². The van der Waals surface area contributed by atoms with Crippen LogP contribution in [0.25, 0.3) is 0 Å². The molecule has 2 aliphatic rings. The van der Waals surface area contributed by atoms with Gasteiger partial charge in [0.1, 0.15) is 5.75 Å². The number of methoxy groups -OCH3 is 1. The van der Waals surface area contributed by atoms with Gasteiger partial charge in [-0.3, -0.25) is 9.69 Å². The fourth-order valence-electron chi connectivity index (χ4n) is 5.73. The topological polar surface area (TPSA) is 32.8 Å². The predicted octanol–water partition coefficient (Wildman–Crippen LogP) is 4.88. The van der Waals surface area contributed by atoms with E-state index >= 15 is 0 Å². The van der Waals surface area contributed by atoms with Gasteiger partial charge >= 0.3 is 0 Å². The Balaban J connectivity index is 1.36. The highest BCUT2D eigenvalue weighted by Crippen LogP contribution is 2.51. The number of likely N-dealkylation sites (tertiary alicyclic amines) is 1. The molecule has 31 heavy (non-hydrogen) atoms. The predicted molar refractivity (Wildman–Crippen MR) is 125 cm³/mol. The zero-order chi connectivity index (χ0) is 21.9. The Labute approximate surface area is 187 Å². The molecule has 1 heterocycles. The summed E-state index contributed by atoms with van der Waals surface area (Å²) in [5, 5.41) is 0. The summed E-state index contributed by atoms with van der Waals surface area (Å²) in [5.41, 5.74) is 3.02. The Morgan fingerprint density at radius 3 is 2.42 bits per heavy atom. The lowest BCUT2D eigenvalue weighted by atomic mass is 9.64. The fourth-order valence-corrected chi connectivity index (χ4v) is 5.73. The van der Waals surface area contributed by atoms with Crippen LogP contribution in [-0.2, 0) is 16.8 Å². The van der Waals surface area contributed by atoms with E-state index in [1.807, 2.05) is 18.2 Å². The lowest BCUT2D eigenvalue weighted by Crippen LogP contribution is -2.47. The van der Waals surface area contributed by atoms with Crippen molar-refractivity contribution < 1.29 is 9.53 Å². The largest absolute Gasteiger partial charge is 0.497 e. The van der Waals surface area contributed by atoms with Gasteiger partial charge in [0.25, 0.3) is 0 Å². The van der Waals surface area contributed by atoms with Crippen molar-refractivity contribution in [2.24, 2.45) is 5.41 Å². The second kappa shape index (κ2) is 9.04. The normalized spacial score (nSPS) is 25.9.